The van der Waals surface area contributed by atoms with Crippen LogP contribution >= 0.6 is 0 Å². The van der Waals surface area contributed by atoms with Crippen molar-refractivity contribution in [3.8, 4) is 0 Å². The lowest BCUT2D eigenvalue weighted by Crippen LogP contribution is -2.51. The molecule has 1 atom stereocenters. The van der Waals surface area contributed by atoms with Gasteiger partial charge in [0, 0.05) is 42.5 Å². The Hall–Kier alpha value is -4.41. The highest BCUT2D eigenvalue weighted by Crippen LogP contribution is 2.29. The average Bonchev–Trinajstić information content (AvgIpc) is 3.83. The highest BCUT2D eigenvalue weighted by Gasteiger charge is 2.29. The molecule has 0 aromatic heterocycles. The van der Waals surface area contributed by atoms with Crippen LogP contribution in [0.1, 0.15) is 63.2 Å². The van der Waals surface area contributed by atoms with Crippen molar-refractivity contribution in [3.05, 3.63) is 59.7 Å². The number of piperidine rings is 1. The minimum atomic E-state index is -0.582. The third-order valence-corrected chi connectivity index (χ3v) is 7.47. The molecule has 1 heterocycles. The fourth-order valence-corrected chi connectivity index (χ4v) is 4.95. The van der Waals surface area contributed by atoms with Crippen molar-refractivity contribution >= 4 is 41.6 Å². The van der Waals surface area contributed by atoms with E-state index in [1.807, 2.05) is 13.8 Å². The summed E-state index contributed by atoms with van der Waals surface area (Å²) in [6, 6.07) is 3.87. The summed E-state index contributed by atoms with van der Waals surface area (Å²) in [5, 5.41) is 8.69. The van der Waals surface area contributed by atoms with Crippen LogP contribution in [-0.2, 0) is 14.3 Å². The van der Waals surface area contributed by atoms with Gasteiger partial charge in [-0.05, 0) is 89.1 Å². The number of anilines is 2. The number of nitrogens with zero attached hydrogens (tertiary/aromatic N) is 2. The standard InChI is InChI=1S/C32H43N5O6/c1-6-9-24(30(40)43-5)16-22(4)29(39)33-19-27-10-7-8-15-36(27)32(42)35-26-13-14-28(25(17-26)20-38)37(21(2)3)31(41)34-18-23-11-12-23/h6,9,13-14,16-17,20-21,23,27H,1,7-8,10-12,15,18-19H2,2-5H3,(H,33,39)(H,34,41)(H,35,42)/b22-16+,24-9+. The molecule has 1 aliphatic heterocycles. The van der Waals surface area contributed by atoms with Crippen molar-refractivity contribution in [1.82, 2.24) is 15.5 Å². The van der Waals surface area contributed by atoms with Gasteiger partial charge in [-0.2, -0.15) is 0 Å². The normalized spacial score (nSPS) is 17.1. The highest BCUT2D eigenvalue weighted by atomic mass is 16.5. The molecule has 232 valence electrons. The molecular weight excluding hydrogens is 550 g/mol. The first-order chi connectivity index (χ1) is 20.6. The van der Waals surface area contributed by atoms with Gasteiger partial charge in [-0.25, -0.2) is 14.4 Å². The molecule has 1 aromatic rings. The molecule has 3 N–H and O–H groups in total. The first kappa shape index (κ1) is 33.1. The number of urea groups is 2. The molecule has 1 saturated carbocycles. The third kappa shape index (κ3) is 9.29. The molecule has 1 saturated heterocycles. The Bertz CT molecular complexity index is 1280. The van der Waals surface area contributed by atoms with E-state index in [1.54, 1.807) is 34.9 Å². The van der Waals surface area contributed by atoms with Crippen molar-refractivity contribution in [2.45, 2.75) is 65.0 Å². The summed E-state index contributed by atoms with van der Waals surface area (Å²) in [6.07, 6.45) is 9.67. The zero-order valence-electron chi connectivity index (χ0n) is 25.5. The Morgan fingerprint density at radius 1 is 1.12 bits per heavy atom. The lowest BCUT2D eigenvalue weighted by Gasteiger charge is -2.36. The Morgan fingerprint density at radius 2 is 1.86 bits per heavy atom. The largest absolute Gasteiger partial charge is 0.465 e. The van der Waals surface area contributed by atoms with Crippen LogP contribution in [0.3, 0.4) is 0 Å². The van der Waals surface area contributed by atoms with Crippen LogP contribution in [-0.4, -0.2) is 74.0 Å². The molecule has 43 heavy (non-hydrogen) atoms. The number of aldehydes is 1. The van der Waals surface area contributed by atoms with Crippen LogP contribution in [0.25, 0.3) is 0 Å². The van der Waals surface area contributed by atoms with E-state index >= 15 is 0 Å². The molecule has 1 aromatic carbocycles. The third-order valence-electron chi connectivity index (χ3n) is 7.47. The average molecular weight is 594 g/mol. The van der Waals surface area contributed by atoms with Crippen LogP contribution in [0.15, 0.2) is 54.2 Å². The van der Waals surface area contributed by atoms with Crippen LogP contribution in [0.5, 0.6) is 0 Å². The maximum absolute atomic E-state index is 13.3. The quantitative estimate of drug-likeness (QED) is 0.141. The molecular formula is C32H43N5O6. The molecule has 11 heteroatoms. The second-order valence-corrected chi connectivity index (χ2v) is 11.1. The Labute approximate surface area is 253 Å². The maximum Gasteiger partial charge on any atom is 0.337 e. The second-order valence-electron chi connectivity index (χ2n) is 11.1. The topological polar surface area (TPSA) is 137 Å². The summed E-state index contributed by atoms with van der Waals surface area (Å²) in [7, 11) is 1.26. The summed E-state index contributed by atoms with van der Waals surface area (Å²) < 4.78 is 4.74. The van der Waals surface area contributed by atoms with Crippen LogP contribution in [0.4, 0.5) is 21.0 Å². The first-order valence-electron chi connectivity index (χ1n) is 14.7. The number of allylic oxidation sites excluding steroid dienone is 2. The summed E-state index contributed by atoms with van der Waals surface area (Å²) in [5.74, 6) is -0.430. The lowest BCUT2D eigenvalue weighted by molar-refractivity contribution is -0.135. The molecule has 0 spiro atoms. The van der Waals surface area contributed by atoms with Gasteiger partial charge in [-0.3, -0.25) is 14.5 Å². The van der Waals surface area contributed by atoms with Crippen molar-refractivity contribution in [1.29, 1.82) is 0 Å². The van der Waals surface area contributed by atoms with E-state index in [0.29, 0.717) is 48.7 Å². The van der Waals surface area contributed by atoms with E-state index in [1.165, 1.54) is 25.3 Å². The molecule has 0 radical (unpaired) electrons. The molecule has 1 aliphatic carbocycles. The smallest absolute Gasteiger partial charge is 0.337 e. The van der Waals surface area contributed by atoms with Crippen LogP contribution in [0, 0.1) is 5.92 Å². The van der Waals surface area contributed by atoms with E-state index < -0.39 is 5.97 Å². The minimum Gasteiger partial charge on any atom is -0.465 e. The number of ether oxygens (including phenoxy) is 1. The maximum atomic E-state index is 13.3. The molecule has 1 unspecified atom stereocenters. The number of hydrogen-bond donors (Lipinski definition) is 3. The summed E-state index contributed by atoms with van der Waals surface area (Å²) in [6.45, 7) is 10.3. The van der Waals surface area contributed by atoms with Crippen LogP contribution < -0.4 is 20.9 Å². The van der Waals surface area contributed by atoms with Gasteiger partial charge in [0.15, 0.2) is 6.29 Å². The summed E-state index contributed by atoms with van der Waals surface area (Å²) in [4.78, 5) is 66.2. The molecule has 2 aliphatic rings. The number of rotatable bonds is 12. The predicted molar refractivity (Wildman–Crippen MR) is 166 cm³/mol. The minimum absolute atomic E-state index is 0.189. The molecule has 0 bridgehead atoms. The number of esters is 1. The monoisotopic (exact) mass is 593 g/mol. The fourth-order valence-electron chi connectivity index (χ4n) is 4.95. The number of carbonyl (C=O) groups is 5. The van der Waals surface area contributed by atoms with Gasteiger partial charge in [-0.1, -0.05) is 12.7 Å². The first-order valence-corrected chi connectivity index (χ1v) is 14.7. The zero-order valence-corrected chi connectivity index (χ0v) is 25.5. The Morgan fingerprint density at radius 3 is 2.49 bits per heavy atom. The number of methoxy groups -OCH3 is 1. The predicted octanol–water partition coefficient (Wildman–Crippen LogP) is 4.57. The van der Waals surface area contributed by atoms with Gasteiger partial charge in [0.1, 0.15) is 0 Å². The number of benzene rings is 1. The lowest BCUT2D eigenvalue weighted by atomic mass is 10.0. The number of likely N-dealkylation sites (tertiary alicyclic amines) is 1. The highest BCUT2D eigenvalue weighted by molar-refractivity contribution is 6.00. The number of amides is 5. The van der Waals surface area contributed by atoms with Gasteiger partial charge >= 0.3 is 18.0 Å². The number of nitrogens with one attached hydrogen (secondary N) is 3. The molecule has 3 rings (SSSR count). The van der Waals surface area contributed by atoms with Gasteiger partial charge in [0.05, 0.1) is 24.4 Å². The van der Waals surface area contributed by atoms with Crippen LogP contribution in [0.2, 0.25) is 0 Å². The number of hydrogen-bond acceptors (Lipinski definition) is 6. The Balaban J connectivity index is 1.67. The second kappa shape index (κ2) is 15.7. The van der Waals surface area contributed by atoms with Crippen molar-refractivity contribution in [2.75, 3.05) is 37.0 Å². The SMILES string of the molecule is C=C/C=C(\C=C(/C)C(=O)NCC1CCCCN1C(=O)Nc1ccc(N(C(=O)NCC2CC2)C(C)C)c(C=O)c1)C(=O)OC. The van der Waals surface area contributed by atoms with Gasteiger partial charge in [0.2, 0.25) is 5.91 Å². The van der Waals surface area contributed by atoms with E-state index in [2.05, 4.69) is 22.5 Å². The van der Waals surface area contributed by atoms with Gasteiger partial charge in [-0.15, -0.1) is 0 Å². The summed E-state index contributed by atoms with van der Waals surface area (Å²) in [5.41, 5.74) is 1.68. The number of carbonyl (C=O) groups excluding carboxylic acids is 5. The van der Waals surface area contributed by atoms with E-state index in [9.17, 15) is 24.0 Å². The summed E-state index contributed by atoms with van der Waals surface area (Å²) >= 11 is 0. The van der Waals surface area contributed by atoms with E-state index in [0.717, 1.165) is 25.7 Å². The van der Waals surface area contributed by atoms with Crippen molar-refractivity contribution in [2.24, 2.45) is 5.92 Å². The van der Waals surface area contributed by atoms with E-state index in [4.69, 9.17) is 4.74 Å². The van der Waals surface area contributed by atoms with Crippen molar-refractivity contribution < 1.29 is 28.7 Å². The van der Waals surface area contributed by atoms with Gasteiger partial charge in [0.25, 0.3) is 0 Å². The Kier molecular flexibility index (Phi) is 12.1. The van der Waals surface area contributed by atoms with Gasteiger partial charge < -0.3 is 25.6 Å². The van der Waals surface area contributed by atoms with Crippen molar-refractivity contribution in [3.63, 3.8) is 0 Å². The molecule has 11 nitrogen and oxygen atoms in total. The van der Waals surface area contributed by atoms with E-state index in [-0.39, 0.29) is 47.7 Å². The molecule has 5 amide bonds. The fraction of sp³-hybridized carbons (Fsp3) is 0.469. The zero-order chi connectivity index (χ0) is 31.5. The molecule has 2 fully saturated rings.